The molecule has 0 radical (unpaired) electrons. The van der Waals surface area contributed by atoms with Crippen molar-refractivity contribution in [3.63, 3.8) is 0 Å². The zero-order chi connectivity index (χ0) is 20.5. The summed E-state index contributed by atoms with van der Waals surface area (Å²) in [5.41, 5.74) is 5.49. The molecule has 0 heterocycles. The van der Waals surface area contributed by atoms with Crippen LogP contribution in [0.1, 0.15) is 97.8 Å². The molecule has 1 atom stereocenters. The van der Waals surface area contributed by atoms with Crippen molar-refractivity contribution in [3.05, 3.63) is 0 Å². The first kappa shape index (κ1) is 25.9. The van der Waals surface area contributed by atoms with Gasteiger partial charge < -0.3 is 16.0 Å². The molecule has 1 unspecified atom stereocenters. The fourth-order valence-corrected chi connectivity index (χ4v) is 3.43. The maximum atomic E-state index is 12.5. The fraction of sp³-hybridized carbons (Fsp3) is 0.909. The normalized spacial score (nSPS) is 12.2. The van der Waals surface area contributed by atoms with E-state index in [0.29, 0.717) is 19.5 Å². The number of nitrogens with one attached hydrogen (secondary N) is 1. The van der Waals surface area contributed by atoms with Crippen LogP contribution < -0.4 is 11.1 Å². The number of carbonyl (C=O) groups excluding carboxylic acids is 2. The van der Waals surface area contributed by atoms with Crippen LogP contribution in [0.4, 0.5) is 0 Å². The summed E-state index contributed by atoms with van der Waals surface area (Å²) in [5, 5.41) is 2.99. The highest BCUT2D eigenvalue weighted by molar-refractivity contribution is 5.87. The molecular weight excluding hydrogens is 338 g/mol. The van der Waals surface area contributed by atoms with Crippen molar-refractivity contribution in [1.29, 1.82) is 0 Å². The lowest BCUT2D eigenvalue weighted by Crippen LogP contribution is -2.50. The van der Waals surface area contributed by atoms with Gasteiger partial charge in [0.25, 0.3) is 0 Å². The van der Waals surface area contributed by atoms with Gasteiger partial charge in [-0.1, -0.05) is 72.1 Å². The van der Waals surface area contributed by atoms with E-state index in [1.54, 1.807) is 11.9 Å². The first-order chi connectivity index (χ1) is 13.0. The van der Waals surface area contributed by atoms with E-state index in [4.69, 9.17) is 5.73 Å². The number of nitrogens with two attached hydrogens (primary N) is 1. The van der Waals surface area contributed by atoms with Gasteiger partial charge in [-0.15, -0.1) is 0 Å². The Labute approximate surface area is 167 Å². The summed E-state index contributed by atoms with van der Waals surface area (Å²) in [6, 6.07) is -0.388. The Morgan fingerprint density at radius 2 is 1.44 bits per heavy atom. The minimum atomic E-state index is -0.388. The third kappa shape index (κ3) is 12.8. The van der Waals surface area contributed by atoms with Crippen molar-refractivity contribution in [2.75, 3.05) is 20.1 Å². The summed E-state index contributed by atoms with van der Waals surface area (Å²) in [7, 11) is 1.77. The Kier molecular flexibility index (Phi) is 16.3. The van der Waals surface area contributed by atoms with Gasteiger partial charge >= 0.3 is 0 Å². The molecule has 0 aromatic carbocycles. The molecule has 0 spiro atoms. The Morgan fingerprint density at radius 3 is 2.00 bits per heavy atom. The second kappa shape index (κ2) is 17.0. The van der Waals surface area contributed by atoms with Gasteiger partial charge in [0.05, 0.1) is 0 Å². The van der Waals surface area contributed by atoms with Gasteiger partial charge in [0, 0.05) is 20.0 Å². The average Bonchev–Trinajstić information content (AvgIpc) is 2.63. The Morgan fingerprint density at radius 1 is 0.889 bits per heavy atom. The molecule has 0 fully saturated rings. The van der Waals surface area contributed by atoms with Gasteiger partial charge in [-0.2, -0.15) is 0 Å². The van der Waals surface area contributed by atoms with E-state index in [0.717, 1.165) is 32.1 Å². The molecule has 5 heteroatoms. The number of hydrogen-bond donors (Lipinski definition) is 2. The molecule has 160 valence electrons. The second-order valence-electron chi connectivity index (χ2n) is 8.06. The monoisotopic (exact) mass is 383 g/mol. The molecule has 0 aromatic rings. The van der Waals surface area contributed by atoms with Crippen LogP contribution in [0.25, 0.3) is 0 Å². The number of hydrogen-bond acceptors (Lipinski definition) is 3. The third-order valence-corrected chi connectivity index (χ3v) is 5.14. The van der Waals surface area contributed by atoms with E-state index < -0.39 is 0 Å². The number of rotatable bonds is 17. The van der Waals surface area contributed by atoms with Gasteiger partial charge in [-0.3, -0.25) is 9.59 Å². The molecule has 0 aliphatic carbocycles. The highest BCUT2D eigenvalue weighted by Crippen LogP contribution is 2.14. The zero-order valence-electron chi connectivity index (χ0n) is 18.4. The number of likely N-dealkylation sites (N-methyl/N-ethyl adjacent to an activating group) is 1. The van der Waals surface area contributed by atoms with Crippen LogP contribution in [0.3, 0.4) is 0 Å². The fourth-order valence-electron chi connectivity index (χ4n) is 3.43. The second-order valence-corrected chi connectivity index (χ2v) is 8.06. The van der Waals surface area contributed by atoms with Gasteiger partial charge in [0.15, 0.2) is 0 Å². The average molecular weight is 384 g/mol. The molecule has 0 saturated carbocycles. The molecule has 5 nitrogen and oxygen atoms in total. The summed E-state index contributed by atoms with van der Waals surface area (Å²) >= 11 is 0. The van der Waals surface area contributed by atoms with Gasteiger partial charge in [-0.25, -0.2) is 0 Å². The van der Waals surface area contributed by atoms with Crippen LogP contribution in [0, 0.1) is 5.92 Å². The highest BCUT2D eigenvalue weighted by atomic mass is 16.2. The van der Waals surface area contributed by atoms with Crippen LogP contribution >= 0.6 is 0 Å². The van der Waals surface area contributed by atoms with Crippen molar-refractivity contribution in [1.82, 2.24) is 10.2 Å². The van der Waals surface area contributed by atoms with Gasteiger partial charge in [0.2, 0.25) is 11.8 Å². The molecular formula is C22H45N3O2. The van der Waals surface area contributed by atoms with Crippen LogP contribution in [0.2, 0.25) is 0 Å². The smallest absolute Gasteiger partial charge is 0.243 e. The van der Waals surface area contributed by atoms with E-state index in [2.05, 4.69) is 12.2 Å². The maximum Gasteiger partial charge on any atom is 0.243 e. The van der Waals surface area contributed by atoms with E-state index >= 15 is 0 Å². The molecule has 27 heavy (non-hydrogen) atoms. The predicted octanol–water partition coefficient (Wildman–Crippen LogP) is 4.25. The van der Waals surface area contributed by atoms with Crippen molar-refractivity contribution >= 4 is 11.8 Å². The Balaban J connectivity index is 4.14. The molecule has 0 bridgehead atoms. The minimum absolute atomic E-state index is 0.0375. The van der Waals surface area contributed by atoms with E-state index in [9.17, 15) is 9.59 Å². The number of unbranched alkanes of at least 4 members (excludes halogenated alkanes) is 9. The van der Waals surface area contributed by atoms with Gasteiger partial charge in [0.1, 0.15) is 6.04 Å². The molecule has 0 saturated heterocycles. The maximum absolute atomic E-state index is 12.5. The Bertz CT molecular complexity index is 386. The van der Waals surface area contributed by atoms with Crippen LogP contribution in [0.15, 0.2) is 0 Å². The number of amides is 2. The van der Waals surface area contributed by atoms with Crippen molar-refractivity contribution in [3.8, 4) is 0 Å². The Hall–Kier alpha value is -1.10. The first-order valence-corrected chi connectivity index (χ1v) is 11.2. The van der Waals surface area contributed by atoms with E-state index in [1.807, 2.05) is 13.8 Å². The summed E-state index contributed by atoms with van der Waals surface area (Å²) in [6.45, 7) is 7.58. The summed E-state index contributed by atoms with van der Waals surface area (Å²) in [5.74, 6) is 0.143. The largest absolute Gasteiger partial charge is 0.354 e. The summed E-state index contributed by atoms with van der Waals surface area (Å²) in [6.07, 6.45) is 13.2. The number of carbonyl (C=O) groups is 2. The van der Waals surface area contributed by atoms with Crippen molar-refractivity contribution in [2.45, 2.75) is 104 Å². The first-order valence-electron chi connectivity index (χ1n) is 11.2. The molecule has 0 rings (SSSR count). The lowest BCUT2D eigenvalue weighted by atomic mass is 10.0. The number of nitrogens with zero attached hydrogens (tertiary/aromatic N) is 1. The van der Waals surface area contributed by atoms with Crippen molar-refractivity contribution in [2.24, 2.45) is 11.7 Å². The highest BCUT2D eigenvalue weighted by Gasteiger charge is 2.29. The molecule has 0 aliphatic heterocycles. The standard InChI is InChI=1S/C22H45N3O2/c1-5-6-7-8-9-10-11-13-16-20(26)25(4)21(19(2)3)22(27)24-18-15-12-14-17-23/h19,21H,5-18,23H2,1-4H3,(H,24,27). The molecule has 0 aliphatic rings. The molecule has 0 aromatic heterocycles. The lowest BCUT2D eigenvalue weighted by Gasteiger charge is -2.30. The molecule has 2 amide bonds. The quantitative estimate of drug-likeness (QED) is 0.369. The van der Waals surface area contributed by atoms with E-state index in [1.165, 1.54) is 38.5 Å². The summed E-state index contributed by atoms with van der Waals surface area (Å²) in [4.78, 5) is 26.7. The van der Waals surface area contributed by atoms with Crippen LogP contribution in [-0.4, -0.2) is 42.9 Å². The zero-order valence-corrected chi connectivity index (χ0v) is 18.4. The molecule has 3 N–H and O–H groups in total. The predicted molar refractivity (Wildman–Crippen MR) is 115 cm³/mol. The van der Waals surface area contributed by atoms with E-state index in [-0.39, 0.29) is 23.8 Å². The topological polar surface area (TPSA) is 75.4 Å². The van der Waals surface area contributed by atoms with Crippen molar-refractivity contribution < 1.29 is 9.59 Å². The minimum Gasteiger partial charge on any atom is -0.354 e. The third-order valence-electron chi connectivity index (χ3n) is 5.14. The lowest BCUT2D eigenvalue weighted by molar-refractivity contribution is -0.140. The van der Waals surface area contributed by atoms with Gasteiger partial charge in [-0.05, 0) is 31.7 Å². The van der Waals surface area contributed by atoms with Crippen LogP contribution in [0.5, 0.6) is 0 Å². The summed E-state index contributed by atoms with van der Waals surface area (Å²) < 4.78 is 0. The van der Waals surface area contributed by atoms with Crippen LogP contribution in [-0.2, 0) is 9.59 Å². The SMILES string of the molecule is CCCCCCCCCCC(=O)N(C)C(C(=O)NCCCCCN)C(C)C.